The van der Waals surface area contributed by atoms with Crippen molar-refractivity contribution in [3.05, 3.63) is 29.8 Å². The maximum absolute atomic E-state index is 3.26. The molecule has 1 rings (SSSR count). The van der Waals surface area contributed by atoms with E-state index in [-0.39, 0.29) is 0 Å². The van der Waals surface area contributed by atoms with Crippen LogP contribution in [0.15, 0.2) is 24.3 Å². The molecule has 0 bridgehead atoms. The summed E-state index contributed by atoms with van der Waals surface area (Å²) in [5.41, 5.74) is 2.26. The largest absolute Gasteiger partial charge is 0.378 e. The van der Waals surface area contributed by atoms with Crippen LogP contribution in [0, 0.1) is 11.8 Å². The summed E-state index contributed by atoms with van der Waals surface area (Å²) < 4.78 is 0. The van der Waals surface area contributed by atoms with Crippen LogP contribution >= 0.6 is 15.9 Å². The molecule has 0 saturated carbocycles. The first kappa shape index (κ1) is 10.1. The van der Waals surface area contributed by atoms with Crippen molar-refractivity contribution in [3.8, 4) is 11.8 Å². The summed E-state index contributed by atoms with van der Waals surface area (Å²) in [4.78, 5) is 2.07. The lowest BCUT2D eigenvalue weighted by Gasteiger charge is -2.11. The minimum Gasteiger partial charge on any atom is -0.378 e. The molecule has 13 heavy (non-hydrogen) atoms. The van der Waals surface area contributed by atoms with Gasteiger partial charge in [0.2, 0.25) is 0 Å². The zero-order valence-electron chi connectivity index (χ0n) is 7.84. The summed E-state index contributed by atoms with van der Waals surface area (Å²) in [6, 6.07) is 8.20. The first-order chi connectivity index (χ1) is 6.24. The zero-order valence-corrected chi connectivity index (χ0v) is 9.43. The molecule has 0 amide bonds. The molecule has 0 unspecified atom stereocenters. The van der Waals surface area contributed by atoms with Crippen LogP contribution in [0.1, 0.15) is 5.56 Å². The third-order valence-corrected chi connectivity index (χ3v) is 1.96. The Bertz CT molecular complexity index is 316. The van der Waals surface area contributed by atoms with E-state index in [0.29, 0.717) is 0 Å². The fourth-order valence-electron chi connectivity index (χ4n) is 0.978. The van der Waals surface area contributed by atoms with Crippen molar-refractivity contribution in [2.24, 2.45) is 0 Å². The number of hydrogen-bond donors (Lipinski definition) is 0. The number of hydrogen-bond acceptors (Lipinski definition) is 1. The predicted molar refractivity (Wildman–Crippen MR) is 61.4 cm³/mol. The molecule has 1 aromatic carbocycles. The summed E-state index contributed by atoms with van der Waals surface area (Å²) in [5.74, 6) is 6.01. The zero-order chi connectivity index (χ0) is 9.68. The smallest absolute Gasteiger partial charge is 0.0649 e. The van der Waals surface area contributed by atoms with Crippen molar-refractivity contribution < 1.29 is 0 Å². The summed E-state index contributed by atoms with van der Waals surface area (Å²) in [6.45, 7) is 0. The fraction of sp³-hybridized carbons (Fsp3) is 0.273. The molecule has 68 valence electrons. The first-order valence-electron chi connectivity index (χ1n) is 4.06. The van der Waals surface area contributed by atoms with Crippen molar-refractivity contribution >= 4 is 21.6 Å². The van der Waals surface area contributed by atoms with Crippen LogP contribution in [0.3, 0.4) is 0 Å². The SMILES string of the molecule is CN(C)c1ccc(C#CCBr)cc1. The molecule has 0 fully saturated rings. The minimum atomic E-state index is 0.725. The van der Waals surface area contributed by atoms with Gasteiger partial charge in [-0.25, -0.2) is 0 Å². The van der Waals surface area contributed by atoms with Crippen LogP contribution in [-0.2, 0) is 0 Å². The first-order valence-corrected chi connectivity index (χ1v) is 5.18. The number of rotatable bonds is 1. The minimum absolute atomic E-state index is 0.725. The van der Waals surface area contributed by atoms with Crippen LogP contribution in [0.25, 0.3) is 0 Å². The number of anilines is 1. The van der Waals surface area contributed by atoms with Crippen LogP contribution < -0.4 is 4.90 Å². The lowest BCUT2D eigenvalue weighted by Crippen LogP contribution is -2.07. The van der Waals surface area contributed by atoms with Gasteiger partial charge in [0.05, 0.1) is 5.33 Å². The van der Waals surface area contributed by atoms with Gasteiger partial charge in [-0.2, -0.15) is 0 Å². The van der Waals surface area contributed by atoms with Crippen LogP contribution in [0.5, 0.6) is 0 Å². The molecule has 0 radical (unpaired) electrons. The predicted octanol–water partition coefficient (Wildman–Crippen LogP) is 2.50. The van der Waals surface area contributed by atoms with Crippen molar-refractivity contribution in [1.29, 1.82) is 0 Å². The van der Waals surface area contributed by atoms with Crippen molar-refractivity contribution in [1.82, 2.24) is 0 Å². The normalized spacial score (nSPS) is 8.85. The standard InChI is InChI=1S/C11H12BrN/c1-13(2)11-7-5-10(6-8-11)4-3-9-12/h5-8H,9H2,1-2H3. The van der Waals surface area contributed by atoms with Crippen LogP contribution in [0.2, 0.25) is 0 Å². The lowest BCUT2D eigenvalue weighted by molar-refractivity contribution is 1.13. The summed E-state index contributed by atoms with van der Waals surface area (Å²) in [5, 5.41) is 0.725. The van der Waals surface area contributed by atoms with E-state index in [1.165, 1.54) is 5.69 Å². The van der Waals surface area contributed by atoms with Crippen molar-refractivity contribution in [2.75, 3.05) is 24.3 Å². The van der Waals surface area contributed by atoms with Crippen molar-refractivity contribution in [3.63, 3.8) is 0 Å². The molecular formula is C11H12BrN. The van der Waals surface area contributed by atoms with Gasteiger partial charge >= 0.3 is 0 Å². The van der Waals surface area contributed by atoms with E-state index in [1.807, 2.05) is 26.2 Å². The molecule has 2 heteroatoms. The van der Waals surface area contributed by atoms with E-state index in [0.717, 1.165) is 10.9 Å². The van der Waals surface area contributed by atoms with Crippen LogP contribution in [-0.4, -0.2) is 19.4 Å². The van der Waals surface area contributed by atoms with Gasteiger partial charge in [0.1, 0.15) is 0 Å². The van der Waals surface area contributed by atoms with Gasteiger partial charge in [0.25, 0.3) is 0 Å². The van der Waals surface area contributed by atoms with E-state index in [2.05, 4.69) is 44.8 Å². The second kappa shape index (κ2) is 4.94. The maximum atomic E-state index is 3.26. The molecule has 0 atom stereocenters. The fourth-order valence-corrected chi connectivity index (χ4v) is 1.12. The number of alkyl halides is 1. The van der Waals surface area contributed by atoms with Gasteiger partial charge < -0.3 is 4.90 Å². The number of nitrogens with zero attached hydrogens (tertiary/aromatic N) is 1. The Morgan fingerprint density at radius 3 is 2.31 bits per heavy atom. The molecule has 0 spiro atoms. The topological polar surface area (TPSA) is 3.24 Å². The molecule has 0 heterocycles. The van der Waals surface area contributed by atoms with E-state index in [9.17, 15) is 0 Å². The molecule has 0 aromatic heterocycles. The highest BCUT2D eigenvalue weighted by atomic mass is 79.9. The molecule has 0 aliphatic heterocycles. The summed E-state index contributed by atoms with van der Waals surface area (Å²) in [7, 11) is 4.05. The van der Waals surface area contributed by atoms with Gasteiger partial charge in [-0.3, -0.25) is 0 Å². The average molecular weight is 238 g/mol. The van der Waals surface area contributed by atoms with E-state index in [4.69, 9.17) is 0 Å². The Morgan fingerprint density at radius 1 is 1.23 bits per heavy atom. The van der Waals surface area contributed by atoms with E-state index >= 15 is 0 Å². The summed E-state index contributed by atoms with van der Waals surface area (Å²) in [6.07, 6.45) is 0. The summed E-state index contributed by atoms with van der Waals surface area (Å²) >= 11 is 3.26. The highest BCUT2D eigenvalue weighted by Gasteiger charge is 1.92. The maximum Gasteiger partial charge on any atom is 0.0649 e. The Kier molecular flexibility index (Phi) is 3.85. The van der Waals surface area contributed by atoms with Gasteiger partial charge in [-0.15, -0.1) is 0 Å². The highest BCUT2D eigenvalue weighted by Crippen LogP contribution is 2.11. The molecule has 0 aliphatic carbocycles. The monoisotopic (exact) mass is 237 g/mol. The second-order valence-electron chi connectivity index (χ2n) is 2.88. The molecule has 0 saturated heterocycles. The molecule has 1 aromatic rings. The Morgan fingerprint density at radius 2 is 1.85 bits per heavy atom. The van der Waals surface area contributed by atoms with E-state index in [1.54, 1.807) is 0 Å². The van der Waals surface area contributed by atoms with Crippen LogP contribution in [0.4, 0.5) is 5.69 Å². The van der Waals surface area contributed by atoms with Gasteiger partial charge in [-0.05, 0) is 24.3 Å². The molecule has 0 aliphatic rings. The number of halogens is 1. The van der Waals surface area contributed by atoms with Gasteiger partial charge in [0.15, 0.2) is 0 Å². The molecular weight excluding hydrogens is 226 g/mol. The average Bonchev–Trinajstić information content (AvgIpc) is 2.15. The Hall–Kier alpha value is -0.940. The number of benzene rings is 1. The molecule has 1 nitrogen and oxygen atoms in total. The third-order valence-electron chi connectivity index (χ3n) is 1.68. The third kappa shape index (κ3) is 3.12. The van der Waals surface area contributed by atoms with Gasteiger partial charge in [-0.1, -0.05) is 27.8 Å². The Labute approximate surface area is 87.9 Å². The quantitative estimate of drug-likeness (QED) is 0.536. The van der Waals surface area contributed by atoms with Gasteiger partial charge in [0, 0.05) is 25.3 Å². The second-order valence-corrected chi connectivity index (χ2v) is 3.44. The Balaban J connectivity index is 2.81. The van der Waals surface area contributed by atoms with E-state index < -0.39 is 0 Å². The van der Waals surface area contributed by atoms with Crippen molar-refractivity contribution in [2.45, 2.75) is 0 Å². The lowest BCUT2D eigenvalue weighted by atomic mass is 10.2. The molecule has 0 N–H and O–H groups in total. The highest BCUT2D eigenvalue weighted by molar-refractivity contribution is 9.09.